The van der Waals surface area contributed by atoms with E-state index in [1.807, 2.05) is 6.92 Å². The van der Waals surface area contributed by atoms with Gasteiger partial charge in [0.15, 0.2) is 11.6 Å². The molecular formula is C25H21F4N3. The number of aryl methyl sites for hydroxylation is 4. The molecule has 164 valence electrons. The number of pyridine rings is 1. The molecule has 0 aliphatic heterocycles. The van der Waals surface area contributed by atoms with E-state index in [2.05, 4.69) is 15.0 Å². The van der Waals surface area contributed by atoms with E-state index in [1.54, 1.807) is 25.3 Å². The van der Waals surface area contributed by atoms with E-state index in [-0.39, 0.29) is 16.7 Å². The van der Waals surface area contributed by atoms with Gasteiger partial charge in [-0.1, -0.05) is 12.1 Å². The Bertz CT molecular complexity index is 1190. The van der Waals surface area contributed by atoms with Gasteiger partial charge in [-0.05, 0) is 63.1 Å². The van der Waals surface area contributed by atoms with Gasteiger partial charge in [-0.15, -0.1) is 0 Å². The van der Waals surface area contributed by atoms with Gasteiger partial charge in [-0.25, -0.2) is 17.6 Å². The van der Waals surface area contributed by atoms with Crippen molar-refractivity contribution in [3.05, 3.63) is 101 Å². The van der Waals surface area contributed by atoms with Crippen LogP contribution in [0, 0.1) is 51.0 Å². The highest BCUT2D eigenvalue weighted by Crippen LogP contribution is 2.25. The molecule has 0 fully saturated rings. The van der Waals surface area contributed by atoms with Crippen LogP contribution in [0.15, 0.2) is 55.0 Å². The molecule has 0 saturated carbocycles. The molecule has 0 aliphatic carbocycles. The summed E-state index contributed by atoms with van der Waals surface area (Å²) in [5.41, 5.74) is 3.46. The molecule has 2 heterocycles. The standard InChI is InChI=1S/C13H11F2N.C12H10F2N2/c1-8-5-13(15)11(6-12(8)14)10-4-3-9(2)16-7-10;1-7-3-4-9(12(14)11(7)13)10-6-15-8(2)5-16-10/h3-7H,1-2H3;3-6H,1-2H3. The third-order valence-electron chi connectivity index (χ3n) is 4.80. The van der Waals surface area contributed by atoms with E-state index in [4.69, 9.17) is 0 Å². The molecular weight excluding hydrogens is 418 g/mol. The summed E-state index contributed by atoms with van der Waals surface area (Å²) in [5.74, 6) is -2.54. The zero-order valence-corrected chi connectivity index (χ0v) is 18.0. The fourth-order valence-corrected chi connectivity index (χ4v) is 2.87. The fraction of sp³-hybridized carbons (Fsp3) is 0.160. The predicted octanol–water partition coefficient (Wildman–Crippen LogP) is 6.68. The van der Waals surface area contributed by atoms with E-state index in [0.29, 0.717) is 16.8 Å². The second kappa shape index (κ2) is 9.68. The van der Waals surface area contributed by atoms with Gasteiger partial charge in [0.05, 0.1) is 17.6 Å². The van der Waals surface area contributed by atoms with Gasteiger partial charge in [0.25, 0.3) is 0 Å². The lowest BCUT2D eigenvalue weighted by Crippen LogP contribution is -1.95. The Kier molecular flexibility index (Phi) is 6.98. The summed E-state index contributed by atoms with van der Waals surface area (Å²) in [5, 5.41) is 0. The lowest BCUT2D eigenvalue weighted by atomic mass is 10.0. The first kappa shape index (κ1) is 23.1. The summed E-state index contributed by atoms with van der Waals surface area (Å²) in [6.07, 6.45) is 4.50. The molecule has 0 radical (unpaired) electrons. The van der Waals surface area contributed by atoms with Crippen LogP contribution in [0.25, 0.3) is 22.4 Å². The van der Waals surface area contributed by atoms with Gasteiger partial charge in [-0.2, -0.15) is 0 Å². The minimum absolute atomic E-state index is 0.135. The molecule has 0 unspecified atom stereocenters. The topological polar surface area (TPSA) is 38.7 Å². The normalized spacial score (nSPS) is 10.5. The van der Waals surface area contributed by atoms with E-state index in [0.717, 1.165) is 11.4 Å². The van der Waals surface area contributed by atoms with Crippen molar-refractivity contribution in [1.29, 1.82) is 0 Å². The third kappa shape index (κ3) is 5.17. The molecule has 0 aliphatic rings. The van der Waals surface area contributed by atoms with E-state index in [9.17, 15) is 17.6 Å². The first-order valence-corrected chi connectivity index (χ1v) is 9.79. The van der Waals surface area contributed by atoms with Crippen LogP contribution in [0.4, 0.5) is 17.6 Å². The maximum atomic E-state index is 13.6. The molecule has 0 saturated heterocycles. The van der Waals surface area contributed by atoms with Gasteiger partial charge < -0.3 is 0 Å². The van der Waals surface area contributed by atoms with Crippen LogP contribution >= 0.6 is 0 Å². The Morgan fingerprint density at radius 3 is 1.91 bits per heavy atom. The summed E-state index contributed by atoms with van der Waals surface area (Å²) < 4.78 is 53.9. The fourth-order valence-electron chi connectivity index (χ4n) is 2.87. The van der Waals surface area contributed by atoms with Crippen LogP contribution in [0.1, 0.15) is 22.5 Å². The van der Waals surface area contributed by atoms with Gasteiger partial charge in [0.1, 0.15) is 11.6 Å². The summed E-state index contributed by atoms with van der Waals surface area (Å²) >= 11 is 0. The summed E-state index contributed by atoms with van der Waals surface area (Å²) in [4.78, 5) is 12.1. The predicted molar refractivity (Wildman–Crippen MR) is 116 cm³/mol. The third-order valence-corrected chi connectivity index (χ3v) is 4.80. The number of hydrogen-bond acceptors (Lipinski definition) is 3. The number of aromatic nitrogens is 3. The largest absolute Gasteiger partial charge is 0.261 e. The lowest BCUT2D eigenvalue weighted by Gasteiger charge is -2.05. The minimum Gasteiger partial charge on any atom is -0.261 e. The van der Waals surface area contributed by atoms with Crippen molar-refractivity contribution >= 4 is 0 Å². The lowest BCUT2D eigenvalue weighted by molar-refractivity contribution is 0.505. The van der Waals surface area contributed by atoms with Crippen LogP contribution in [0.3, 0.4) is 0 Å². The van der Waals surface area contributed by atoms with Crippen molar-refractivity contribution in [3.63, 3.8) is 0 Å². The summed E-state index contributed by atoms with van der Waals surface area (Å²) in [6, 6.07) is 8.94. The monoisotopic (exact) mass is 439 g/mol. The molecule has 4 aromatic rings. The molecule has 2 aromatic heterocycles. The molecule has 32 heavy (non-hydrogen) atoms. The van der Waals surface area contributed by atoms with Gasteiger partial charge in [0, 0.05) is 34.8 Å². The van der Waals surface area contributed by atoms with Crippen molar-refractivity contribution < 1.29 is 17.6 Å². The number of rotatable bonds is 2. The molecule has 0 amide bonds. The highest BCUT2D eigenvalue weighted by Gasteiger charge is 2.13. The van der Waals surface area contributed by atoms with Crippen molar-refractivity contribution in [2.75, 3.05) is 0 Å². The maximum absolute atomic E-state index is 13.6. The second-order valence-corrected chi connectivity index (χ2v) is 7.37. The van der Waals surface area contributed by atoms with Crippen molar-refractivity contribution in [3.8, 4) is 22.4 Å². The zero-order chi connectivity index (χ0) is 23.4. The first-order chi connectivity index (χ1) is 15.2. The Morgan fingerprint density at radius 2 is 1.28 bits per heavy atom. The van der Waals surface area contributed by atoms with Crippen molar-refractivity contribution in [1.82, 2.24) is 15.0 Å². The van der Waals surface area contributed by atoms with E-state index >= 15 is 0 Å². The van der Waals surface area contributed by atoms with Gasteiger partial charge in [0.2, 0.25) is 0 Å². The van der Waals surface area contributed by atoms with Crippen LogP contribution < -0.4 is 0 Å². The van der Waals surface area contributed by atoms with Gasteiger partial charge >= 0.3 is 0 Å². The van der Waals surface area contributed by atoms with Crippen LogP contribution in [-0.4, -0.2) is 15.0 Å². The minimum atomic E-state index is -0.877. The number of hydrogen-bond donors (Lipinski definition) is 0. The average molecular weight is 439 g/mol. The molecule has 0 N–H and O–H groups in total. The number of halogens is 4. The molecule has 0 bridgehead atoms. The van der Waals surface area contributed by atoms with Gasteiger partial charge in [-0.3, -0.25) is 15.0 Å². The summed E-state index contributed by atoms with van der Waals surface area (Å²) in [6.45, 7) is 6.68. The molecule has 0 spiro atoms. The SMILES string of the molecule is Cc1ccc(-c2cc(F)c(C)cc2F)cn1.Cc1cnc(-c2ccc(C)c(F)c2F)cn1. The Hall–Kier alpha value is -3.61. The van der Waals surface area contributed by atoms with Crippen LogP contribution in [0.2, 0.25) is 0 Å². The highest BCUT2D eigenvalue weighted by atomic mass is 19.2. The van der Waals surface area contributed by atoms with Crippen LogP contribution in [-0.2, 0) is 0 Å². The van der Waals surface area contributed by atoms with E-state index < -0.39 is 23.3 Å². The van der Waals surface area contributed by atoms with Crippen molar-refractivity contribution in [2.24, 2.45) is 0 Å². The molecule has 7 heteroatoms. The smallest absolute Gasteiger partial charge is 0.168 e. The highest BCUT2D eigenvalue weighted by molar-refractivity contribution is 5.64. The van der Waals surface area contributed by atoms with E-state index in [1.165, 1.54) is 50.5 Å². The Morgan fingerprint density at radius 1 is 0.562 bits per heavy atom. The van der Waals surface area contributed by atoms with Crippen LogP contribution in [0.5, 0.6) is 0 Å². The summed E-state index contributed by atoms with van der Waals surface area (Å²) in [7, 11) is 0. The molecule has 0 atom stereocenters. The zero-order valence-electron chi connectivity index (χ0n) is 18.0. The Labute approximate surface area is 183 Å². The molecule has 4 rings (SSSR count). The number of benzene rings is 2. The Balaban J connectivity index is 0.000000181. The molecule has 2 aromatic carbocycles. The second-order valence-electron chi connectivity index (χ2n) is 7.37. The maximum Gasteiger partial charge on any atom is 0.168 e. The number of nitrogens with zero attached hydrogens (tertiary/aromatic N) is 3. The average Bonchev–Trinajstić information content (AvgIpc) is 2.77. The quantitative estimate of drug-likeness (QED) is 0.327. The first-order valence-electron chi connectivity index (χ1n) is 9.79. The molecule has 3 nitrogen and oxygen atoms in total. The van der Waals surface area contributed by atoms with Crippen molar-refractivity contribution in [2.45, 2.75) is 27.7 Å².